The van der Waals surface area contributed by atoms with Crippen LogP contribution in [0.2, 0.25) is 0 Å². The molecule has 5 nitrogen and oxygen atoms in total. The number of benzene rings is 2. The summed E-state index contributed by atoms with van der Waals surface area (Å²) in [7, 11) is 0. The van der Waals surface area contributed by atoms with E-state index in [1.807, 2.05) is 42.5 Å². The van der Waals surface area contributed by atoms with E-state index in [0.717, 1.165) is 15.9 Å². The largest absolute Gasteiger partial charge is 0.326 e. The summed E-state index contributed by atoms with van der Waals surface area (Å²) in [6, 6.07) is 20.1. The maximum Gasteiger partial charge on any atom is 0.258 e. The molecule has 0 radical (unpaired) electrons. The van der Waals surface area contributed by atoms with Gasteiger partial charge >= 0.3 is 0 Å². The molecule has 0 spiro atoms. The molecular formula is C21H18BrN3O2. The highest BCUT2D eigenvalue weighted by Crippen LogP contribution is 2.23. The first-order valence-corrected chi connectivity index (χ1v) is 9.17. The monoisotopic (exact) mass is 423 g/mol. The Bertz CT molecular complexity index is 943. The summed E-state index contributed by atoms with van der Waals surface area (Å²) in [5.74, 6) is -0.354. The smallest absolute Gasteiger partial charge is 0.258 e. The van der Waals surface area contributed by atoms with Crippen molar-refractivity contribution in [3.05, 3.63) is 88.7 Å². The van der Waals surface area contributed by atoms with Crippen LogP contribution in [0.25, 0.3) is 0 Å². The molecule has 27 heavy (non-hydrogen) atoms. The lowest BCUT2D eigenvalue weighted by Crippen LogP contribution is -2.30. The molecule has 136 valence electrons. The van der Waals surface area contributed by atoms with Gasteiger partial charge in [0.15, 0.2) is 0 Å². The van der Waals surface area contributed by atoms with Crippen LogP contribution in [0.4, 0.5) is 11.4 Å². The van der Waals surface area contributed by atoms with Crippen LogP contribution in [0.1, 0.15) is 23.0 Å². The molecule has 0 saturated heterocycles. The molecule has 3 aromatic rings. The van der Waals surface area contributed by atoms with Crippen molar-refractivity contribution >= 4 is 39.1 Å². The zero-order valence-electron chi connectivity index (χ0n) is 14.7. The van der Waals surface area contributed by atoms with Crippen LogP contribution in [0.5, 0.6) is 0 Å². The van der Waals surface area contributed by atoms with E-state index >= 15 is 0 Å². The van der Waals surface area contributed by atoms with E-state index in [1.165, 1.54) is 6.92 Å². The maximum absolute atomic E-state index is 13.2. The molecule has 0 aliphatic heterocycles. The van der Waals surface area contributed by atoms with Gasteiger partial charge in [0.05, 0.1) is 12.2 Å². The summed E-state index contributed by atoms with van der Waals surface area (Å²) in [6.45, 7) is 1.77. The number of carbonyl (C=O) groups excluding carboxylic acids is 2. The Kier molecular flexibility index (Phi) is 5.98. The van der Waals surface area contributed by atoms with Crippen molar-refractivity contribution in [1.29, 1.82) is 0 Å². The molecule has 0 bridgehead atoms. The molecule has 0 atom stereocenters. The standard InChI is InChI=1S/C21H18BrN3O2/c1-15(26)24-18-7-4-5-16(13-18)21(27)25(14-19-6-2-3-12-23-19)20-10-8-17(22)9-11-20/h2-13H,14H2,1H3,(H,24,26). The summed E-state index contributed by atoms with van der Waals surface area (Å²) in [5.41, 5.74) is 2.62. The van der Waals surface area contributed by atoms with E-state index in [4.69, 9.17) is 0 Å². The fourth-order valence-electron chi connectivity index (χ4n) is 2.64. The number of halogens is 1. The van der Waals surface area contributed by atoms with E-state index in [9.17, 15) is 9.59 Å². The summed E-state index contributed by atoms with van der Waals surface area (Å²) in [5, 5.41) is 2.71. The SMILES string of the molecule is CC(=O)Nc1cccc(C(=O)N(Cc2ccccn2)c2ccc(Br)cc2)c1. The van der Waals surface area contributed by atoms with Crippen LogP contribution in [-0.4, -0.2) is 16.8 Å². The van der Waals surface area contributed by atoms with E-state index in [-0.39, 0.29) is 11.8 Å². The third-order valence-electron chi connectivity index (χ3n) is 3.86. The Morgan fingerprint density at radius 2 is 1.81 bits per heavy atom. The van der Waals surface area contributed by atoms with Crippen molar-refractivity contribution in [2.24, 2.45) is 0 Å². The maximum atomic E-state index is 13.2. The Labute approximate surface area is 166 Å². The molecule has 1 heterocycles. The highest BCUT2D eigenvalue weighted by Gasteiger charge is 2.19. The van der Waals surface area contributed by atoms with Crippen molar-refractivity contribution in [1.82, 2.24) is 4.98 Å². The fourth-order valence-corrected chi connectivity index (χ4v) is 2.91. The van der Waals surface area contributed by atoms with Gasteiger partial charge in [-0.05, 0) is 54.6 Å². The molecular weight excluding hydrogens is 406 g/mol. The van der Waals surface area contributed by atoms with E-state index in [1.54, 1.807) is 35.4 Å². The highest BCUT2D eigenvalue weighted by molar-refractivity contribution is 9.10. The van der Waals surface area contributed by atoms with Gasteiger partial charge in [0, 0.05) is 34.5 Å². The lowest BCUT2D eigenvalue weighted by molar-refractivity contribution is -0.114. The van der Waals surface area contributed by atoms with Gasteiger partial charge in [-0.25, -0.2) is 0 Å². The molecule has 0 fully saturated rings. The van der Waals surface area contributed by atoms with Gasteiger partial charge in [0.1, 0.15) is 0 Å². The Morgan fingerprint density at radius 1 is 1.04 bits per heavy atom. The van der Waals surface area contributed by atoms with Crippen molar-refractivity contribution in [3.63, 3.8) is 0 Å². The highest BCUT2D eigenvalue weighted by atomic mass is 79.9. The van der Waals surface area contributed by atoms with Crippen LogP contribution >= 0.6 is 15.9 Å². The zero-order chi connectivity index (χ0) is 19.2. The Balaban J connectivity index is 1.95. The molecule has 1 aromatic heterocycles. The minimum absolute atomic E-state index is 0.171. The van der Waals surface area contributed by atoms with Gasteiger partial charge < -0.3 is 10.2 Å². The van der Waals surface area contributed by atoms with Gasteiger partial charge in [0.25, 0.3) is 5.91 Å². The first-order valence-electron chi connectivity index (χ1n) is 8.38. The average molecular weight is 424 g/mol. The minimum Gasteiger partial charge on any atom is -0.326 e. The molecule has 2 amide bonds. The molecule has 0 unspecified atom stereocenters. The number of nitrogens with zero attached hydrogens (tertiary/aromatic N) is 2. The summed E-state index contributed by atoms with van der Waals surface area (Å²) >= 11 is 3.42. The second kappa shape index (κ2) is 8.60. The molecule has 0 aliphatic rings. The fraction of sp³-hybridized carbons (Fsp3) is 0.0952. The van der Waals surface area contributed by atoms with Gasteiger partial charge in [0.2, 0.25) is 5.91 Å². The number of rotatable bonds is 5. The first kappa shape index (κ1) is 18.8. The van der Waals surface area contributed by atoms with Crippen LogP contribution in [-0.2, 0) is 11.3 Å². The summed E-state index contributed by atoms with van der Waals surface area (Å²) in [4.78, 5) is 30.6. The van der Waals surface area contributed by atoms with Crippen molar-refractivity contribution in [2.45, 2.75) is 13.5 Å². The number of aromatic nitrogens is 1. The van der Waals surface area contributed by atoms with Crippen LogP contribution in [0.3, 0.4) is 0 Å². The number of anilines is 2. The number of hydrogen-bond acceptors (Lipinski definition) is 3. The predicted molar refractivity (Wildman–Crippen MR) is 110 cm³/mol. The second-order valence-corrected chi connectivity index (χ2v) is 6.87. The van der Waals surface area contributed by atoms with Crippen molar-refractivity contribution in [2.75, 3.05) is 10.2 Å². The van der Waals surface area contributed by atoms with Gasteiger partial charge in [-0.1, -0.05) is 28.1 Å². The van der Waals surface area contributed by atoms with Crippen molar-refractivity contribution in [3.8, 4) is 0 Å². The van der Waals surface area contributed by atoms with Gasteiger partial charge in [-0.3, -0.25) is 14.6 Å². The number of hydrogen-bond donors (Lipinski definition) is 1. The van der Waals surface area contributed by atoms with Crippen LogP contribution < -0.4 is 10.2 Å². The molecule has 6 heteroatoms. The lowest BCUT2D eigenvalue weighted by Gasteiger charge is -2.23. The number of nitrogens with one attached hydrogen (secondary N) is 1. The van der Waals surface area contributed by atoms with E-state index in [2.05, 4.69) is 26.2 Å². The normalized spacial score (nSPS) is 10.3. The first-order chi connectivity index (χ1) is 13.0. The Morgan fingerprint density at radius 3 is 2.48 bits per heavy atom. The number of carbonyl (C=O) groups is 2. The van der Waals surface area contributed by atoms with Gasteiger partial charge in [-0.2, -0.15) is 0 Å². The molecule has 1 N–H and O–H groups in total. The molecule has 3 rings (SSSR count). The van der Waals surface area contributed by atoms with E-state index < -0.39 is 0 Å². The summed E-state index contributed by atoms with van der Waals surface area (Å²) in [6.07, 6.45) is 1.71. The minimum atomic E-state index is -0.183. The predicted octanol–water partition coefficient (Wildman–Crippen LogP) is 4.65. The van der Waals surface area contributed by atoms with Crippen molar-refractivity contribution < 1.29 is 9.59 Å². The topological polar surface area (TPSA) is 62.3 Å². The lowest BCUT2D eigenvalue weighted by atomic mass is 10.1. The Hall–Kier alpha value is -2.99. The van der Waals surface area contributed by atoms with E-state index in [0.29, 0.717) is 17.8 Å². The number of amides is 2. The number of pyridine rings is 1. The third-order valence-corrected chi connectivity index (χ3v) is 4.39. The average Bonchev–Trinajstić information content (AvgIpc) is 2.67. The zero-order valence-corrected chi connectivity index (χ0v) is 16.3. The molecule has 0 aliphatic carbocycles. The van der Waals surface area contributed by atoms with Crippen LogP contribution in [0, 0.1) is 0 Å². The van der Waals surface area contributed by atoms with Crippen LogP contribution in [0.15, 0.2) is 77.4 Å². The quantitative estimate of drug-likeness (QED) is 0.649. The van der Waals surface area contributed by atoms with Gasteiger partial charge in [-0.15, -0.1) is 0 Å². The summed E-state index contributed by atoms with van der Waals surface area (Å²) < 4.78 is 0.934. The third kappa shape index (κ3) is 5.01. The molecule has 0 saturated carbocycles. The molecule has 2 aromatic carbocycles. The second-order valence-electron chi connectivity index (χ2n) is 5.95.